The molecule has 24 heavy (non-hydrogen) atoms. The highest BCUT2D eigenvalue weighted by molar-refractivity contribution is 7.55. The normalized spacial score (nSPS) is 16.8. The van der Waals surface area contributed by atoms with E-state index >= 15 is 0 Å². The first kappa shape index (κ1) is 20.3. The largest absolute Gasteiger partial charge is 0.468 e. The molecule has 0 amide bonds. The van der Waals surface area contributed by atoms with Gasteiger partial charge >= 0.3 is 19.5 Å². The molecule has 1 aromatic rings. The van der Waals surface area contributed by atoms with Crippen LogP contribution in [0.4, 0.5) is 0 Å². The van der Waals surface area contributed by atoms with Crippen molar-refractivity contribution >= 4 is 19.5 Å². The minimum Gasteiger partial charge on any atom is -0.468 e. The van der Waals surface area contributed by atoms with Gasteiger partial charge < -0.3 is 23.8 Å². The maximum Gasteiger partial charge on any atom is 0.344 e. The summed E-state index contributed by atoms with van der Waals surface area (Å²) in [5, 5.41) is -2.37. The SMILES string of the molecule is CCC(Cn1ccnc1)(C(=O)OC)C(CC)(C(=O)OC)P(=O)(O)O. The van der Waals surface area contributed by atoms with Gasteiger partial charge in [0.2, 0.25) is 0 Å². The van der Waals surface area contributed by atoms with Crippen molar-refractivity contribution in [1.29, 1.82) is 0 Å². The first-order chi connectivity index (χ1) is 11.2. The first-order valence-corrected chi connectivity index (χ1v) is 8.96. The molecule has 0 aliphatic carbocycles. The molecule has 2 atom stereocenters. The average molecular weight is 362 g/mol. The lowest BCUT2D eigenvalue weighted by molar-refractivity contribution is -0.167. The fourth-order valence-electron chi connectivity index (χ4n) is 3.25. The van der Waals surface area contributed by atoms with Crippen molar-refractivity contribution in [1.82, 2.24) is 9.55 Å². The number of hydrogen-bond donors (Lipinski definition) is 2. The summed E-state index contributed by atoms with van der Waals surface area (Å²) in [6.07, 6.45) is 4.03. The Morgan fingerprint density at radius 3 is 2.08 bits per heavy atom. The van der Waals surface area contributed by atoms with E-state index < -0.39 is 30.1 Å². The molecular formula is C14H23N2O7P. The quantitative estimate of drug-likeness (QED) is 0.517. The number of rotatable bonds is 8. The van der Waals surface area contributed by atoms with E-state index in [2.05, 4.69) is 4.98 Å². The molecule has 0 bridgehead atoms. The molecule has 1 rings (SSSR count). The Labute approximate surface area is 140 Å². The molecule has 0 fully saturated rings. The number of methoxy groups -OCH3 is 2. The molecule has 10 heteroatoms. The number of hydrogen-bond acceptors (Lipinski definition) is 6. The third-order valence-corrected chi connectivity index (χ3v) is 6.44. The van der Waals surface area contributed by atoms with Gasteiger partial charge in [-0.2, -0.15) is 0 Å². The van der Waals surface area contributed by atoms with Crippen LogP contribution in [-0.4, -0.2) is 50.7 Å². The molecule has 2 N–H and O–H groups in total. The van der Waals surface area contributed by atoms with Crippen molar-refractivity contribution in [2.75, 3.05) is 14.2 Å². The maximum absolute atomic E-state index is 12.7. The van der Waals surface area contributed by atoms with Crippen molar-refractivity contribution in [3.05, 3.63) is 18.7 Å². The highest BCUT2D eigenvalue weighted by atomic mass is 31.2. The molecule has 0 radical (unpaired) electrons. The van der Waals surface area contributed by atoms with E-state index in [4.69, 9.17) is 9.47 Å². The van der Waals surface area contributed by atoms with E-state index in [-0.39, 0.29) is 19.4 Å². The molecule has 0 aromatic carbocycles. The number of esters is 2. The summed E-state index contributed by atoms with van der Waals surface area (Å²) >= 11 is 0. The maximum atomic E-state index is 12.7. The Morgan fingerprint density at radius 1 is 1.17 bits per heavy atom. The third-order valence-electron chi connectivity index (χ3n) is 4.52. The summed E-state index contributed by atoms with van der Waals surface area (Å²) in [6.45, 7) is 2.80. The van der Waals surface area contributed by atoms with Crippen molar-refractivity contribution < 1.29 is 33.4 Å². The van der Waals surface area contributed by atoms with Crippen LogP contribution < -0.4 is 0 Å². The molecular weight excluding hydrogens is 339 g/mol. The summed E-state index contributed by atoms with van der Waals surface area (Å²) in [6, 6.07) is 0. The number of carbonyl (C=O) groups is 2. The Balaban J connectivity index is 3.77. The minimum absolute atomic E-state index is 0.0497. The number of aromatic nitrogens is 2. The molecule has 0 saturated carbocycles. The van der Waals surface area contributed by atoms with Gasteiger partial charge in [0.25, 0.3) is 0 Å². The van der Waals surface area contributed by atoms with Crippen LogP contribution in [0.25, 0.3) is 0 Å². The summed E-state index contributed by atoms with van der Waals surface area (Å²) in [4.78, 5) is 49.1. The van der Waals surface area contributed by atoms with Crippen LogP contribution in [-0.2, 0) is 30.2 Å². The van der Waals surface area contributed by atoms with Crippen LogP contribution in [0.3, 0.4) is 0 Å². The molecule has 1 heterocycles. The minimum atomic E-state index is -5.11. The van der Waals surface area contributed by atoms with E-state index in [9.17, 15) is 23.9 Å². The lowest BCUT2D eigenvalue weighted by Gasteiger charge is -2.45. The zero-order valence-electron chi connectivity index (χ0n) is 14.1. The standard InChI is InChI=1S/C14H23N2O7P/c1-5-13(11(17)22-3,9-16-8-7-15-10-16)14(6-2,12(18)23-4)24(19,20)21/h7-8,10H,5-6,9H2,1-4H3,(H2,19,20,21). The number of imidazole rings is 1. The molecule has 2 unspecified atom stereocenters. The Kier molecular flexibility index (Phi) is 6.32. The lowest BCUT2D eigenvalue weighted by Crippen LogP contribution is -2.60. The van der Waals surface area contributed by atoms with Crippen molar-refractivity contribution in [3.8, 4) is 0 Å². The van der Waals surface area contributed by atoms with Crippen LogP contribution in [0.15, 0.2) is 18.7 Å². The van der Waals surface area contributed by atoms with Gasteiger partial charge in [-0.3, -0.25) is 14.2 Å². The molecule has 0 spiro atoms. The third kappa shape index (κ3) is 2.99. The predicted molar refractivity (Wildman–Crippen MR) is 84.0 cm³/mol. The first-order valence-electron chi connectivity index (χ1n) is 7.35. The highest BCUT2D eigenvalue weighted by Crippen LogP contribution is 2.63. The van der Waals surface area contributed by atoms with Crippen LogP contribution in [0.2, 0.25) is 0 Å². The molecule has 136 valence electrons. The van der Waals surface area contributed by atoms with Crippen molar-refractivity contribution in [3.63, 3.8) is 0 Å². The van der Waals surface area contributed by atoms with Gasteiger partial charge in [-0.1, -0.05) is 13.8 Å². The smallest absolute Gasteiger partial charge is 0.344 e. The summed E-state index contributed by atoms with van der Waals surface area (Å²) < 4.78 is 23.4. The van der Waals surface area contributed by atoms with Crippen LogP contribution in [0.1, 0.15) is 26.7 Å². The average Bonchev–Trinajstić information content (AvgIpc) is 3.05. The molecule has 0 aliphatic heterocycles. The topological polar surface area (TPSA) is 128 Å². The van der Waals surface area contributed by atoms with E-state index in [0.717, 1.165) is 14.2 Å². The Hall–Kier alpha value is -1.70. The number of nitrogens with zero attached hydrogens (tertiary/aromatic N) is 2. The van der Waals surface area contributed by atoms with Crippen LogP contribution in [0, 0.1) is 5.41 Å². The monoisotopic (exact) mass is 362 g/mol. The second kappa shape index (κ2) is 7.46. The fraction of sp³-hybridized carbons (Fsp3) is 0.643. The van der Waals surface area contributed by atoms with E-state index in [1.807, 2.05) is 0 Å². The number of ether oxygens (including phenoxy) is 2. The van der Waals surface area contributed by atoms with Gasteiger partial charge in [0.05, 0.1) is 20.5 Å². The number of carbonyl (C=O) groups excluding carboxylic acids is 2. The Bertz CT molecular complexity index is 627. The summed E-state index contributed by atoms with van der Waals surface area (Å²) in [5.41, 5.74) is -1.83. The molecule has 1 aromatic heterocycles. The van der Waals surface area contributed by atoms with Crippen LogP contribution >= 0.6 is 7.60 Å². The van der Waals surface area contributed by atoms with Gasteiger partial charge in [0.1, 0.15) is 5.41 Å². The lowest BCUT2D eigenvalue weighted by atomic mass is 9.70. The summed E-state index contributed by atoms with van der Waals surface area (Å²) in [7, 11) is -2.98. The Morgan fingerprint density at radius 2 is 1.75 bits per heavy atom. The zero-order valence-corrected chi connectivity index (χ0v) is 15.0. The predicted octanol–water partition coefficient (Wildman–Crippen LogP) is 0.952. The van der Waals surface area contributed by atoms with Crippen LogP contribution in [0.5, 0.6) is 0 Å². The van der Waals surface area contributed by atoms with Crippen molar-refractivity contribution in [2.45, 2.75) is 38.4 Å². The second-order valence-electron chi connectivity index (χ2n) is 5.41. The van der Waals surface area contributed by atoms with Gasteiger partial charge in [0.15, 0.2) is 5.16 Å². The molecule has 0 aliphatic rings. The van der Waals surface area contributed by atoms with Crippen molar-refractivity contribution in [2.24, 2.45) is 5.41 Å². The van der Waals surface area contributed by atoms with E-state index in [1.54, 1.807) is 6.92 Å². The zero-order chi connectivity index (χ0) is 18.6. The second-order valence-corrected chi connectivity index (χ2v) is 7.26. The fourth-order valence-corrected chi connectivity index (χ4v) is 4.87. The van der Waals surface area contributed by atoms with E-state index in [0.29, 0.717) is 0 Å². The van der Waals surface area contributed by atoms with E-state index in [1.165, 1.54) is 30.2 Å². The van der Waals surface area contributed by atoms with Gasteiger partial charge in [-0.15, -0.1) is 0 Å². The summed E-state index contributed by atoms with van der Waals surface area (Å²) in [5.74, 6) is -2.04. The highest BCUT2D eigenvalue weighted by Gasteiger charge is 2.70. The van der Waals surface area contributed by atoms with Gasteiger partial charge in [-0.05, 0) is 12.8 Å². The van der Waals surface area contributed by atoms with Gasteiger partial charge in [-0.25, -0.2) is 4.98 Å². The molecule has 9 nitrogen and oxygen atoms in total. The van der Waals surface area contributed by atoms with Gasteiger partial charge in [0, 0.05) is 18.9 Å². The molecule has 0 saturated heterocycles.